The molecule has 7 nitrogen and oxygen atoms in total. The van der Waals surface area contributed by atoms with Crippen LogP contribution in [0.25, 0.3) is 10.8 Å². The minimum Gasteiger partial charge on any atom is -0.545 e. The standard InChI is InChI=1S/C20H15N3O4/c24-18(22-17-7-3-5-14-4-1-2-6-16(14)17)19(25)23-21-12-13-8-10-15(11-9-13)20(26)27/h1-12H,(H,22,24)(H,23,25)(H,26,27)/p-1/b21-12-. The fraction of sp³-hybridized carbons (Fsp3) is 0. The van der Waals surface area contributed by atoms with E-state index in [1.165, 1.54) is 30.5 Å². The Balaban J connectivity index is 1.62. The van der Waals surface area contributed by atoms with E-state index in [9.17, 15) is 19.5 Å². The van der Waals surface area contributed by atoms with Gasteiger partial charge < -0.3 is 15.2 Å². The van der Waals surface area contributed by atoms with Gasteiger partial charge in [0.1, 0.15) is 0 Å². The van der Waals surface area contributed by atoms with Crippen LogP contribution in [0.1, 0.15) is 15.9 Å². The highest BCUT2D eigenvalue weighted by Crippen LogP contribution is 2.22. The number of anilines is 1. The molecular formula is C20H14N3O4-. The van der Waals surface area contributed by atoms with Gasteiger partial charge in [0.15, 0.2) is 0 Å². The van der Waals surface area contributed by atoms with Gasteiger partial charge in [-0.2, -0.15) is 5.10 Å². The number of hydrazone groups is 1. The van der Waals surface area contributed by atoms with Crippen molar-refractivity contribution in [3.8, 4) is 0 Å². The maximum atomic E-state index is 12.0. The summed E-state index contributed by atoms with van der Waals surface area (Å²) in [7, 11) is 0. The average molecular weight is 360 g/mol. The molecule has 27 heavy (non-hydrogen) atoms. The summed E-state index contributed by atoms with van der Waals surface area (Å²) in [6.07, 6.45) is 1.29. The van der Waals surface area contributed by atoms with Crippen molar-refractivity contribution >= 4 is 40.5 Å². The predicted molar refractivity (Wildman–Crippen MR) is 99.1 cm³/mol. The number of fused-ring (bicyclic) bond motifs is 1. The normalized spacial score (nSPS) is 10.7. The third kappa shape index (κ3) is 4.35. The summed E-state index contributed by atoms with van der Waals surface area (Å²) in [5.74, 6) is -3.06. The lowest BCUT2D eigenvalue weighted by molar-refractivity contribution is -0.255. The molecule has 0 unspecified atom stereocenters. The number of benzene rings is 3. The highest BCUT2D eigenvalue weighted by atomic mass is 16.4. The molecule has 134 valence electrons. The third-order valence-corrected chi connectivity index (χ3v) is 3.77. The van der Waals surface area contributed by atoms with Crippen molar-refractivity contribution in [3.05, 3.63) is 77.9 Å². The third-order valence-electron chi connectivity index (χ3n) is 3.77. The number of hydrogen-bond donors (Lipinski definition) is 2. The van der Waals surface area contributed by atoms with Crippen molar-refractivity contribution in [1.29, 1.82) is 0 Å². The molecule has 2 N–H and O–H groups in total. The zero-order valence-corrected chi connectivity index (χ0v) is 14.0. The van der Waals surface area contributed by atoms with Gasteiger partial charge in [0.05, 0.1) is 12.2 Å². The van der Waals surface area contributed by atoms with Gasteiger partial charge in [-0.25, -0.2) is 5.43 Å². The molecule has 0 heterocycles. The molecule has 0 aliphatic carbocycles. The van der Waals surface area contributed by atoms with Crippen molar-refractivity contribution in [3.63, 3.8) is 0 Å². The van der Waals surface area contributed by atoms with Crippen molar-refractivity contribution in [1.82, 2.24) is 5.43 Å². The van der Waals surface area contributed by atoms with Crippen molar-refractivity contribution in [2.75, 3.05) is 5.32 Å². The number of nitrogens with zero attached hydrogens (tertiary/aromatic N) is 1. The molecule has 0 fully saturated rings. The Kier molecular flexibility index (Phi) is 5.22. The first-order chi connectivity index (χ1) is 13.0. The van der Waals surface area contributed by atoms with Gasteiger partial charge in [-0.3, -0.25) is 9.59 Å². The van der Waals surface area contributed by atoms with Crippen molar-refractivity contribution < 1.29 is 19.5 Å². The smallest absolute Gasteiger partial charge is 0.329 e. The molecular weight excluding hydrogens is 346 g/mol. The first-order valence-corrected chi connectivity index (χ1v) is 7.98. The molecule has 3 aromatic carbocycles. The number of carboxylic acids is 1. The van der Waals surface area contributed by atoms with E-state index in [-0.39, 0.29) is 5.56 Å². The second kappa shape index (κ2) is 7.92. The number of rotatable bonds is 4. The zero-order chi connectivity index (χ0) is 19.2. The van der Waals surface area contributed by atoms with Crippen LogP contribution in [0.5, 0.6) is 0 Å². The number of carbonyl (C=O) groups excluding carboxylic acids is 3. The van der Waals surface area contributed by atoms with Crippen LogP contribution >= 0.6 is 0 Å². The summed E-state index contributed by atoms with van der Waals surface area (Å²) in [6, 6.07) is 18.6. The largest absolute Gasteiger partial charge is 0.545 e. The Bertz CT molecular complexity index is 1040. The minimum absolute atomic E-state index is 0.0330. The lowest BCUT2D eigenvalue weighted by Crippen LogP contribution is -2.32. The molecule has 3 aromatic rings. The number of carboxylic acid groups (broad SMARTS) is 1. The van der Waals surface area contributed by atoms with Crippen LogP contribution in [0.15, 0.2) is 71.8 Å². The van der Waals surface area contributed by atoms with Crippen molar-refractivity contribution in [2.45, 2.75) is 0 Å². The molecule has 0 bridgehead atoms. The highest BCUT2D eigenvalue weighted by molar-refractivity contribution is 6.40. The van der Waals surface area contributed by atoms with Gasteiger partial charge in [-0.15, -0.1) is 0 Å². The number of aromatic carboxylic acids is 1. The van der Waals surface area contributed by atoms with Crippen LogP contribution in [0.3, 0.4) is 0 Å². The fourth-order valence-electron chi connectivity index (χ4n) is 2.43. The Morgan fingerprint density at radius 3 is 2.30 bits per heavy atom. The van der Waals surface area contributed by atoms with E-state index >= 15 is 0 Å². The molecule has 3 rings (SSSR count). The number of carbonyl (C=O) groups is 3. The van der Waals surface area contributed by atoms with Gasteiger partial charge in [-0.1, -0.05) is 60.7 Å². The minimum atomic E-state index is -1.28. The molecule has 0 radical (unpaired) electrons. The van der Waals surface area contributed by atoms with E-state index in [0.29, 0.717) is 11.3 Å². The number of nitrogens with one attached hydrogen (secondary N) is 2. The fourth-order valence-corrected chi connectivity index (χ4v) is 2.43. The zero-order valence-electron chi connectivity index (χ0n) is 14.0. The van der Waals surface area contributed by atoms with E-state index in [0.717, 1.165) is 10.8 Å². The molecule has 0 spiro atoms. The summed E-state index contributed by atoms with van der Waals surface area (Å²) in [6.45, 7) is 0. The Morgan fingerprint density at radius 2 is 1.56 bits per heavy atom. The van der Waals surface area contributed by atoms with Crippen LogP contribution in [0.4, 0.5) is 5.69 Å². The summed E-state index contributed by atoms with van der Waals surface area (Å²) < 4.78 is 0. The van der Waals surface area contributed by atoms with Gasteiger partial charge in [0.2, 0.25) is 0 Å². The number of hydrogen-bond acceptors (Lipinski definition) is 5. The second-order valence-corrected chi connectivity index (χ2v) is 5.59. The van der Waals surface area contributed by atoms with E-state index in [1.807, 2.05) is 30.3 Å². The molecule has 0 aromatic heterocycles. The lowest BCUT2D eigenvalue weighted by Gasteiger charge is -2.07. The van der Waals surface area contributed by atoms with Crippen LogP contribution in [0.2, 0.25) is 0 Å². The van der Waals surface area contributed by atoms with Crippen LogP contribution in [-0.4, -0.2) is 24.0 Å². The van der Waals surface area contributed by atoms with Gasteiger partial charge in [0.25, 0.3) is 0 Å². The highest BCUT2D eigenvalue weighted by Gasteiger charge is 2.14. The van der Waals surface area contributed by atoms with Crippen LogP contribution in [0, 0.1) is 0 Å². The molecule has 0 aliphatic heterocycles. The van der Waals surface area contributed by atoms with E-state index in [1.54, 1.807) is 12.1 Å². The Morgan fingerprint density at radius 1 is 0.852 bits per heavy atom. The van der Waals surface area contributed by atoms with Gasteiger partial charge in [-0.05, 0) is 22.6 Å². The molecule has 0 saturated carbocycles. The van der Waals surface area contributed by atoms with E-state index in [2.05, 4.69) is 15.8 Å². The van der Waals surface area contributed by atoms with E-state index < -0.39 is 17.8 Å². The van der Waals surface area contributed by atoms with Crippen LogP contribution < -0.4 is 15.8 Å². The molecule has 0 saturated heterocycles. The summed E-state index contributed by atoms with van der Waals surface area (Å²) in [5.41, 5.74) is 3.23. The summed E-state index contributed by atoms with van der Waals surface area (Å²) in [4.78, 5) is 34.6. The summed E-state index contributed by atoms with van der Waals surface area (Å²) >= 11 is 0. The molecule has 7 heteroatoms. The number of amides is 2. The first kappa shape index (κ1) is 17.8. The Hall–Kier alpha value is -4.00. The molecule has 0 atom stereocenters. The lowest BCUT2D eigenvalue weighted by atomic mass is 10.1. The molecule has 2 amide bonds. The SMILES string of the molecule is O=C(N/N=C\c1ccc(C(=O)[O-])cc1)C(=O)Nc1cccc2ccccc12. The quantitative estimate of drug-likeness (QED) is 0.415. The Labute approximate surface area is 154 Å². The molecule has 0 aliphatic rings. The topological polar surface area (TPSA) is 111 Å². The predicted octanol–water partition coefficient (Wildman–Crippen LogP) is 1.29. The maximum absolute atomic E-state index is 12.0. The van der Waals surface area contributed by atoms with Gasteiger partial charge >= 0.3 is 11.8 Å². The van der Waals surface area contributed by atoms with E-state index in [4.69, 9.17) is 0 Å². The summed E-state index contributed by atoms with van der Waals surface area (Å²) in [5, 5.41) is 18.7. The monoisotopic (exact) mass is 360 g/mol. The second-order valence-electron chi connectivity index (χ2n) is 5.59. The van der Waals surface area contributed by atoms with Gasteiger partial charge in [0, 0.05) is 11.1 Å². The maximum Gasteiger partial charge on any atom is 0.329 e. The average Bonchev–Trinajstić information content (AvgIpc) is 2.68. The van der Waals surface area contributed by atoms with Crippen molar-refractivity contribution in [2.24, 2.45) is 5.10 Å². The first-order valence-electron chi connectivity index (χ1n) is 7.98. The van der Waals surface area contributed by atoms with Crippen LogP contribution in [-0.2, 0) is 9.59 Å².